The molecule has 2 heterocycles. The Balaban J connectivity index is 1.83. The van der Waals surface area contributed by atoms with Crippen LogP contribution in [0.4, 0.5) is 0 Å². The van der Waals surface area contributed by atoms with Gasteiger partial charge in [-0.15, -0.1) is 0 Å². The van der Waals surface area contributed by atoms with Gasteiger partial charge in [-0.1, -0.05) is 48.5 Å². The van der Waals surface area contributed by atoms with Crippen LogP contribution in [0.3, 0.4) is 0 Å². The molecular formula is C26H36O6. The molecule has 0 aromatic rings. The number of hydrogen-bond donors (Lipinski definition) is 3. The minimum absolute atomic E-state index is 0.147. The summed E-state index contributed by atoms with van der Waals surface area (Å²) < 4.78 is 12.9. The number of aliphatic hydroxyl groups is 2. The third-order valence-corrected chi connectivity index (χ3v) is 8.16. The van der Waals surface area contributed by atoms with Crippen LogP contribution in [0, 0.1) is 23.7 Å². The molecule has 0 aromatic heterocycles. The number of hydrogen-bond acceptors (Lipinski definition) is 5. The van der Waals surface area contributed by atoms with Crippen molar-refractivity contribution in [2.45, 2.75) is 76.5 Å². The first-order chi connectivity index (χ1) is 15.1. The van der Waals surface area contributed by atoms with Gasteiger partial charge in [0.25, 0.3) is 0 Å². The highest BCUT2D eigenvalue weighted by Gasteiger charge is 2.67. The zero-order valence-electron chi connectivity index (χ0n) is 19.4. The first-order valence-corrected chi connectivity index (χ1v) is 11.7. The molecule has 0 spiro atoms. The van der Waals surface area contributed by atoms with E-state index in [1.54, 1.807) is 12.2 Å². The van der Waals surface area contributed by atoms with Gasteiger partial charge in [0.1, 0.15) is 23.4 Å². The van der Waals surface area contributed by atoms with Gasteiger partial charge < -0.3 is 24.8 Å². The summed E-state index contributed by atoms with van der Waals surface area (Å²) >= 11 is 0. The molecule has 0 radical (unpaired) electrons. The first kappa shape index (κ1) is 23.4. The van der Waals surface area contributed by atoms with E-state index in [-0.39, 0.29) is 23.9 Å². The van der Waals surface area contributed by atoms with E-state index in [1.165, 1.54) is 11.6 Å². The second-order valence-corrected chi connectivity index (χ2v) is 10.3. The molecule has 176 valence electrons. The highest BCUT2D eigenvalue weighted by Crippen LogP contribution is 2.57. The molecule has 0 amide bonds. The van der Waals surface area contributed by atoms with Gasteiger partial charge in [0.05, 0.1) is 6.10 Å². The lowest BCUT2D eigenvalue weighted by molar-refractivity contribution is -0.228. The molecule has 9 atom stereocenters. The minimum atomic E-state index is -1.44. The predicted molar refractivity (Wildman–Crippen MR) is 121 cm³/mol. The zero-order valence-corrected chi connectivity index (χ0v) is 19.4. The minimum Gasteiger partial charge on any atom is -0.478 e. The fraction of sp³-hybridized carbons (Fsp3) is 0.654. The fourth-order valence-electron chi connectivity index (χ4n) is 6.87. The maximum Gasteiger partial charge on any atom is 0.328 e. The number of carbonyl (C=O) groups is 1. The lowest BCUT2D eigenvalue weighted by Crippen LogP contribution is -2.67. The Labute approximate surface area is 190 Å². The van der Waals surface area contributed by atoms with Gasteiger partial charge in [-0.2, -0.15) is 0 Å². The summed E-state index contributed by atoms with van der Waals surface area (Å²) in [5.74, 6) is -1.27. The van der Waals surface area contributed by atoms with E-state index in [9.17, 15) is 15.0 Å². The molecule has 2 saturated heterocycles. The Morgan fingerprint density at radius 2 is 2.03 bits per heavy atom. The zero-order chi connectivity index (χ0) is 23.3. The third-order valence-electron chi connectivity index (χ3n) is 8.16. The van der Waals surface area contributed by atoms with Gasteiger partial charge in [-0.05, 0) is 51.9 Å². The van der Waals surface area contributed by atoms with Crippen LogP contribution in [0.2, 0.25) is 0 Å². The topological polar surface area (TPSA) is 96.2 Å². The molecular weight excluding hydrogens is 408 g/mol. The molecule has 2 aliphatic heterocycles. The Morgan fingerprint density at radius 1 is 1.28 bits per heavy atom. The third kappa shape index (κ3) is 3.71. The van der Waals surface area contributed by atoms with E-state index in [4.69, 9.17) is 14.6 Å². The standard InChI is InChI=1S/C26H36O6/c1-15-9-10-19-18(13-15)14-17(3)22-25(4)24(16(2)11-12-31-25)32-20(23(29)26(19,22)30)7-5-6-8-21(27)28/h5-9,14,16,18-20,22-24,29-30H,10-13H2,1-4H3,(H,27,28)/b7-5+,8-6+/t16-,18+,19-,20-,22+,23-,24-,25+,26-/m0/s1. The Kier molecular flexibility index (Phi) is 6.27. The van der Waals surface area contributed by atoms with Crippen molar-refractivity contribution in [1.82, 2.24) is 0 Å². The summed E-state index contributed by atoms with van der Waals surface area (Å²) in [5, 5.41) is 33.1. The van der Waals surface area contributed by atoms with E-state index in [0.717, 1.165) is 24.5 Å². The summed E-state index contributed by atoms with van der Waals surface area (Å²) in [5.41, 5.74) is 0.128. The number of aliphatic hydroxyl groups excluding tert-OH is 1. The van der Waals surface area contributed by atoms with E-state index in [2.05, 4.69) is 26.0 Å². The summed E-state index contributed by atoms with van der Waals surface area (Å²) in [7, 11) is 0. The van der Waals surface area contributed by atoms with E-state index < -0.39 is 35.3 Å². The van der Waals surface area contributed by atoms with Crippen LogP contribution in [-0.2, 0) is 14.3 Å². The van der Waals surface area contributed by atoms with Crippen molar-refractivity contribution in [2.75, 3.05) is 6.61 Å². The second kappa shape index (κ2) is 8.56. The summed E-state index contributed by atoms with van der Waals surface area (Å²) in [6, 6.07) is 0. The van der Waals surface area contributed by atoms with Crippen LogP contribution in [0.25, 0.3) is 0 Å². The molecule has 3 N–H and O–H groups in total. The maximum atomic E-state index is 12.5. The molecule has 6 nitrogen and oxygen atoms in total. The average molecular weight is 445 g/mol. The van der Waals surface area contributed by atoms with Crippen LogP contribution in [0.15, 0.2) is 47.6 Å². The predicted octanol–water partition coefficient (Wildman–Crippen LogP) is 3.41. The van der Waals surface area contributed by atoms with E-state index in [1.807, 2.05) is 13.8 Å². The SMILES string of the molecule is CC1=CC[C@H]2[C@@H](C=C(C)[C@@H]3[C@@]4(C)OCC[C@H](C)[C@@H]4O[C@@H](/C=C/C=C/C(=O)O)[C@H](O)[C@@]32O)C1. The molecule has 0 bridgehead atoms. The Morgan fingerprint density at radius 3 is 2.75 bits per heavy atom. The Bertz CT molecular complexity index is 872. The quantitative estimate of drug-likeness (QED) is 0.351. The molecule has 4 aliphatic rings. The number of carboxylic acids is 1. The van der Waals surface area contributed by atoms with Gasteiger partial charge in [-0.3, -0.25) is 0 Å². The average Bonchev–Trinajstić information content (AvgIpc) is 2.78. The summed E-state index contributed by atoms with van der Waals surface area (Å²) in [4.78, 5) is 10.8. The van der Waals surface area contributed by atoms with Crippen molar-refractivity contribution < 1.29 is 29.6 Å². The first-order valence-electron chi connectivity index (χ1n) is 11.7. The van der Waals surface area contributed by atoms with Crippen molar-refractivity contribution in [3.05, 3.63) is 47.6 Å². The highest BCUT2D eigenvalue weighted by atomic mass is 16.6. The van der Waals surface area contributed by atoms with Gasteiger partial charge in [0.2, 0.25) is 0 Å². The molecule has 4 rings (SSSR count). The lowest BCUT2D eigenvalue weighted by Gasteiger charge is -2.57. The smallest absolute Gasteiger partial charge is 0.328 e. The molecule has 2 aliphatic carbocycles. The molecule has 2 fully saturated rings. The number of rotatable bonds is 3. The monoisotopic (exact) mass is 444 g/mol. The number of carboxylic acid groups (broad SMARTS) is 1. The van der Waals surface area contributed by atoms with Crippen molar-refractivity contribution in [2.24, 2.45) is 23.7 Å². The number of allylic oxidation sites excluding steroid dienone is 5. The molecule has 0 aromatic carbocycles. The number of aliphatic carboxylic acids is 1. The van der Waals surface area contributed by atoms with Gasteiger partial charge >= 0.3 is 5.97 Å². The maximum absolute atomic E-state index is 12.5. The molecule has 32 heavy (non-hydrogen) atoms. The van der Waals surface area contributed by atoms with Crippen molar-refractivity contribution >= 4 is 5.97 Å². The largest absolute Gasteiger partial charge is 0.478 e. The van der Waals surface area contributed by atoms with E-state index >= 15 is 0 Å². The summed E-state index contributed by atoms with van der Waals surface area (Å²) in [6.45, 7) is 8.90. The van der Waals surface area contributed by atoms with E-state index in [0.29, 0.717) is 13.0 Å². The Hall–Kier alpha value is -1.73. The van der Waals surface area contributed by atoms with Crippen molar-refractivity contribution in [3.8, 4) is 0 Å². The van der Waals surface area contributed by atoms with Gasteiger partial charge in [0, 0.05) is 24.5 Å². The fourth-order valence-corrected chi connectivity index (χ4v) is 6.87. The van der Waals surface area contributed by atoms with Gasteiger partial charge in [0.15, 0.2) is 0 Å². The van der Waals surface area contributed by atoms with Crippen LogP contribution < -0.4 is 0 Å². The molecule has 0 unspecified atom stereocenters. The number of ether oxygens (including phenoxy) is 2. The van der Waals surface area contributed by atoms with Crippen LogP contribution in [0.1, 0.15) is 47.0 Å². The second-order valence-electron chi connectivity index (χ2n) is 10.3. The van der Waals surface area contributed by atoms with Crippen LogP contribution in [0.5, 0.6) is 0 Å². The lowest BCUT2D eigenvalue weighted by atomic mass is 9.53. The summed E-state index contributed by atoms with van der Waals surface area (Å²) in [6.07, 6.45) is 10.3. The molecule has 6 heteroatoms. The van der Waals surface area contributed by atoms with Gasteiger partial charge in [-0.25, -0.2) is 4.79 Å². The van der Waals surface area contributed by atoms with Crippen LogP contribution in [-0.4, -0.2) is 57.4 Å². The highest BCUT2D eigenvalue weighted by molar-refractivity contribution is 5.80. The van der Waals surface area contributed by atoms with Crippen LogP contribution >= 0.6 is 0 Å². The number of fused-ring (bicyclic) bond motifs is 5. The molecule has 0 saturated carbocycles. The van der Waals surface area contributed by atoms with Crippen molar-refractivity contribution in [1.29, 1.82) is 0 Å². The van der Waals surface area contributed by atoms with Crippen molar-refractivity contribution in [3.63, 3.8) is 0 Å². The normalized spacial score (nSPS) is 46.6.